The van der Waals surface area contributed by atoms with Crippen molar-refractivity contribution in [3.05, 3.63) is 53.6 Å². The van der Waals surface area contributed by atoms with Crippen molar-refractivity contribution in [3.63, 3.8) is 0 Å². The Morgan fingerprint density at radius 1 is 1.00 bits per heavy atom. The minimum Gasteiger partial charge on any atom is -0.508 e. The van der Waals surface area contributed by atoms with Crippen molar-refractivity contribution < 1.29 is 10.2 Å². The number of hydrogen-bond donors (Lipinski definition) is 3. The SMILES string of the molecule is CC(NCc1ccc(N(C)C)cc1)c1cc(O)cc(O)c1. The second-order valence-corrected chi connectivity index (χ2v) is 5.45. The summed E-state index contributed by atoms with van der Waals surface area (Å²) in [5.74, 6) is 0.156. The molecule has 2 rings (SSSR count). The Morgan fingerprint density at radius 3 is 2.10 bits per heavy atom. The molecule has 0 aliphatic heterocycles. The largest absolute Gasteiger partial charge is 0.508 e. The van der Waals surface area contributed by atoms with Gasteiger partial charge in [-0.25, -0.2) is 0 Å². The molecule has 0 amide bonds. The van der Waals surface area contributed by atoms with Gasteiger partial charge in [-0.15, -0.1) is 0 Å². The number of nitrogens with zero attached hydrogens (tertiary/aromatic N) is 1. The van der Waals surface area contributed by atoms with E-state index in [4.69, 9.17) is 0 Å². The fourth-order valence-electron chi connectivity index (χ4n) is 2.17. The van der Waals surface area contributed by atoms with Crippen LogP contribution in [0.1, 0.15) is 24.1 Å². The predicted molar refractivity (Wildman–Crippen MR) is 85.8 cm³/mol. The smallest absolute Gasteiger partial charge is 0.119 e. The third-order valence-electron chi connectivity index (χ3n) is 3.49. The van der Waals surface area contributed by atoms with Crippen molar-refractivity contribution in [1.29, 1.82) is 0 Å². The van der Waals surface area contributed by atoms with Crippen LogP contribution in [0.15, 0.2) is 42.5 Å². The van der Waals surface area contributed by atoms with E-state index in [-0.39, 0.29) is 17.5 Å². The van der Waals surface area contributed by atoms with Crippen LogP contribution < -0.4 is 10.2 Å². The minimum atomic E-state index is 0.0384. The van der Waals surface area contributed by atoms with Crippen molar-refractivity contribution in [3.8, 4) is 11.5 Å². The maximum Gasteiger partial charge on any atom is 0.119 e. The number of benzene rings is 2. The van der Waals surface area contributed by atoms with Crippen molar-refractivity contribution in [2.75, 3.05) is 19.0 Å². The van der Waals surface area contributed by atoms with Crippen LogP contribution >= 0.6 is 0 Å². The summed E-state index contributed by atoms with van der Waals surface area (Å²) in [7, 11) is 4.04. The molecule has 0 saturated carbocycles. The molecule has 0 aliphatic carbocycles. The highest BCUT2D eigenvalue weighted by Gasteiger charge is 2.08. The number of nitrogens with one attached hydrogen (secondary N) is 1. The first-order chi connectivity index (χ1) is 9.95. The molecule has 1 atom stereocenters. The highest BCUT2D eigenvalue weighted by atomic mass is 16.3. The monoisotopic (exact) mass is 286 g/mol. The number of anilines is 1. The van der Waals surface area contributed by atoms with Crippen LogP contribution in [-0.2, 0) is 6.54 Å². The number of phenols is 2. The van der Waals surface area contributed by atoms with Gasteiger partial charge in [0.05, 0.1) is 0 Å². The molecule has 112 valence electrons. The van der Waals surface area contributed by atoms with Gasteiger partial charge in [0.1, 0.15) is 11.5 Å². The van der Waals surface area contributed by atoms with E-state index in [1.54, 1.807) is 12.1 Å². The molecule has 0 fully saturated rings. The summed E-state index contributed by atoms with van der Waals surface area (Å²) in [5.41, 5.74) is 3.22. The Hall–Kier alpha value is -2.20. The first kappa shape index (κ1) is 15.2. The lowest BCUT2D eigenvalue weighted by Gasteiger charge is -2.16. The van der Waals surface area contributed by atoms with Crippen molar-refractivity contribution in [2.24, 2.45) is 0 Å². The molecule has 0 spiro atoms. The first-order valence-electron chi connectivity index (χ1n) is 6.98. The quantitative estimate of drug-likeness (QED) is 0.791. The summed E-state index contributed by atoms with van der Waals surface area (Å²) in [4.78, 5) is 2.06. The van der Waals surface area contributed by atoms with Gasteiger partial charge in [-0.3, -0.25) is 0 Å². The molecule has 1 unspecified atom stereocenters. The summed E-state index contributed by atoms with van der Waals surface area (Å²) >= 11 is 0. The Labute approximate surface area is 125 Å². The average molecular weight is 286 g/mol. The van der Waals surface area contributed by atoms with Gasteiger partial charge in [-0.2, -0.15) is 0 Å². The first-order valence-corrected chi connectivity index (χ1v) is 6.98. The van der Waals surface area contributed by atoms with Gasteiger partial charge >= 0.3 is 0 Å². The van der Waals surface area contributed by atoms with Gasteiger partial charge in [-0.1, -0.05) is 12.1 Å². The van der Waals surface area contributed by atoms with Crippen LogP contribution in [0.4, 0.5) is 5.69 Å². The molecule has 0 heterocycles. The summed E-state index contributed by atoms with van der Waals surface area (Å²) < 4.78 is 0. The van der Waals surface area contributed by atoms with Gasteiger partial charge in [0.15, 0.2) is 0 Å². The summed E-state index contributed by atoms with van der Waals surface area (Å²) in [5, 5.41) is 22.4. The average Bonchev–Trinajstić information content (AvgIpc) is 2.44. The molecule has 0 aromatic heterocycles. The molecule has 2 aromatic carbocycles. The lowest BCUT2D eigenvalue weighted by atomic mass is 10.1. The molecule has 2 aromatic rings. The molecule has 0 radical (unpaired) electrons. The third-order valence-corrected chi connectivity index (χ3v) is 3.49. The van der Waals surface area contributed by atoms with Crippen LogP contribution in [0.25, 0.3) is 0 Å². The summed E-state index contributed by atoms with van der Waals surface area (Å²) in [6.45, 7) is 2.73. The van der Waals surface area contributed by atoms with E-state index < -0.39 is 0 Å². The van der Waals surface area contributed by atoms with Crippen LogP contribution in [0.5, 0.6) is 11.5 Å². The predicted octanol–water partition coefficient (Wildman–Crippen LogP) is 3.01. The number of hydrogen-bond acceptors (Lipinski definition) is 4. The van der Waals surface area contributed by atoms with Gasteiger partial charge < -0.3 is 20.4 Å². The Balaban J connectivity index is 1.98. The van der Waals surface area contributed by atoms with E-state index >= 15 is 0 Å². The topological polar surface area (TPSA) is 55.7 Å². The number of aromatic hydroxyl groups is 2. The van der Waals surface area contributed by atoms with Crippen LogP contribution in [0, 0.1) is 0 Å². The zero-order chi connectivity index (χ0) is 15.4. The molecule has 4 nitrogen and oxygen atoms in total. The van der Waals surface area contributed by atoms with Crippen LogP contribution in [0.2, 0.25) is 0 Å². The van der Waals surface area contributed by atoms with Crippen LogP contribution in [-0.4, -0.2) is 24.3 Å². The van der Waals surface area contributed by atoms with Crippen LogP contribution in [0.3, 0.4) is 0 Å². The third kappa shape index (κ3) is 4.13. The van der Waals surface area contributed by atoms with Gasteiger partial charge in [-0.05, 0) is 42.3 Å². The molecule has 4 heteroatoms. The Bertz CT molecular complexity index is 574. The summed E-state index contributed by atoms with van der Waals surface area (Å²) in [6.07, 6.45) is 0. The highest BCUT2D eigenvalue weighted by Crippen LogP contribution is 2.25. The minimum absolute atomic E-state index is 0.0384. The van der Waals surface area contributed by atoms with Gasteiger partial charge in [0.2, 0.25) is 0 Å². The fourth-order valence-corrected chi connectivity index (χ4v) is 2.17. The fraction of sp³-hybridized carbons (Fsp3) is 0.294. The standard InChI is InChI=1S/C17H22N2O2/c1-12(14-8-16(20)10-17(21)9-14)18-11-13-4-6-15(7-5-13)19(2)3/h4-10,12,18,20-21H,11H2,1-3H3. The van der Waals surface area contributed by atoms with Gasteiger partial charge in [0, 0.05) is 38.4 Å². The van der Waals surface area contributed by atoms with Crippen molar-refractivity contribution in [1.82, 2.24) is 5.32 Å². The second-order valence-electron chi connectivity index (χ2n) is 5.45. The van der Waals surface area contributed by atoms with E-state index in [0.29, 0.717) is 0 Å². The summed E-state index contributed by atoms with van der Waals surface area (Å²) in [6, 6.07) is 13.0. The molecule has 0 bridgehead atoms. The number of rotatable bonds is 5. The van der Waals surface area contributed by atoms with Crippen molar-refractivity contribution in [2.45, 2.75) is 19.5 Å². The van der Waals surface area contributed by atoms with Gasteiger partial charge in [0.25, 0.3) is 0 Å². The lowest BCUT2D eigenvalue weighted by molar-refractivity contribution is 0.446. The van der Waals surface area contributed by atoms with E-state index in [1.165, 1.54) is 17.3 Å². The zero-order valence-corrected chi connectivity index (χ0v) is 12.7. The molecular formula is C17H22N2O2. The molecule has 0 aliphatic rings. The lowest BCUT2D eigenvalue weighted by Crippen LogP contribution is -2.18. The molecular weight excluding hydrogens is 264 g/mol. The maximum atomic E-state index is 9.52. The molecule has 0 saturated heterocycles. The van der Waals surface area contributed by atoms with E-state index in [2.05, 4.69) is 34.5 Å². The normalized spacial score (nSPS) is 12.1. The van der Waals surface area contributed by atoms with E-state index in [1.807, 2.05) is 21.0 Å². The van der Waals surface area contributed by atoms with Crippen molar-refractivity contribution >= 4 is 5.69 Å². The highest BCUT2D eigenvalue weighted by molar-refractivity contribution is 5.46. The van der Waals surface area contributed by atoms with E-state index in [0.717, 1.165) is 12.1 Å². The zero-order valence-electron chi connectivity index (χ0n) is 12.7. The second kappa shape index (κ2) is 6.50. The maximum absolute atomic E-state index is 9.52. The number of phenolic OH excluding ortho intramolecular Hbond substituents is 2. The van der Waals surface area contributed by atoms with E-state index in [9.17, 15) is 10.2 Å². The molecule has 21 heavy (non-hydrogen) atoms. The Kier molecular flexibility index (Phi) is 4.70. The molecule has 3 N–H and O–H groups in total. The Morgan fingerprint density at radius 2 is 1.57 bits per heavy atom.